The molecule has 26 heavy (non-hydrogen) atoms. The molecule has 0 aliphatic carbocycles. The van der Waals surface area contributed by atoms with Crippen LogP contribution >= 0.6 is 0 Å². The van der Waals surface area contributed by atoms with Crippen molar-refractivity contribution in [3.05, 3.63) is 60.0 Å². The average Bonchev–Trinajstić information content (AvgIpc) is 3.00. The number of nitrogen functional groups attached to an aromatic ring is 1. The van der Waals surface area contributed by atoms with E-state index in [0.717, 1.165) is 5.69 Å². The first-order valence-corrected chi connectivity index (χ1v) is 7.81. The molecule has 0 radical (unpaired) electrons. The minimum atomic E-state index is -1.02. The monoisotopic (exact) mass is 346 g/mol. The van der Waals surface area contributed by atoms with Crippen molar-refractivity contribution in [2.24, 2.45) is 0 Å². The molecule has 4 heterocycles. The molecule has 0 amide bonds. The molecule has 8 heteroatoms. The first-order valence-electron chi connectivity index (χ1n) is 7.81. The molecule has 4 aromatic heterocycles. The SMILES string of the molecule is Cc1cccc(-c2nc3cc(C(=O)O)ccn3c2-c2ccnc(N)n2)n1. The van der Waals surface area contributed by atoms with Crippen molar-refractivity contribution >= 4 is 17.6 Å². The summed E-state index contributed by atoms with van der Waals surface area (Å²) in [4.78, 5) is 28.6. The van der Waals surface area contributed by atoms with Crippen LogP contribution in [0.25, 0.3) is 28.4 Å². The number of imidazole rings is 1. The molecular weight excluding hydrogens is 332 g/mol. The highest BCUT2D eigenvalue weighted by Crippen LogP contribution is 2.31. The van der Waals surface area contributed by atoms with E-state index in [0.29, 0.717) is 28.4 Å². The number of rotatable bonds is 3. The van der Waals surface area contributed by atoms with Crippen molar-refractivity contribution < 1.29 is 9.90 Å². The Kier molecular flexibility index (Phi) is 3.58. The van der Waals surface area contributed by atoms with Gasteiger partial charge in [-0.2, -0.15) is 0 Å². The number of carbonyl (C=O) groups is 1. The number of hydrogen-bond acceptors (Lipinski definition) is 6. The smallest absolute Gasteiger partial charge is 0.335 e. The molecule has 0 saturated carbocycles. The van der Waals surface area contributed by atoms with Gasteiger partial charge in [0, 0.05) is 18.1 Å². The molecule has 0 aliphatic rings. The van der Waals surface area contributed by atoms with Crippen molar-refractivity contribution in [1.82, 2.24) is 24.3 Å². The van der Waals surface area contributed by atoms with Crippen molar-refractivity contribution in [2.45, 2.75) is 6.92 Å². The Labute approximate surface area is 148 Å². The summed E-state index contributed by atoms with van der Waals surface area (Å²) in [5, 5.41) is 9.24. The van der Waals surface area contributed by atoms with Crippen LogP contribution in [0.4, 0.5) is 5.95 Å². The van der Waals surface area contributed by atoms with Gasteiger partial charge in [0.05, 0.1) is 17.0 Å². The fourth-order valence-electron chi connectivity index (χ4n) is 2.78. The van der Waals surface area contributed by atoms with Crippen LogP contribution in [0.3, 0.4) is 0 Å². The van der Waals surface area contributed by atoms with Crippen LogP contribution in [-0.2, 0) is 0 Å². The lowest BCUT2D eigenvalue weighted by molar-refractivity contribution is 0.0697. The van der Waals surface area contributed by atoms with E-state index in [1.165, 1.54) is 12.1 Å². The average molecular weight is 346 g/mol. The number of carboxylic acids is 1. The lowest BCUT2D eigenvalue weighted by Gasteiger charge is -2.06. The van der Waals surface area contributed by atoms with E-state index in [1.807, 2.05) is 25.1 Å². The number of aromatic carboxylic acids is 1. The highest BCUT2D eigenvalue weighted by molar-refractivity contribution is 5.89. The third-order valence-corrected chi connectivity index (χ3v) is 3.92. The summed E-state index contributed by atoms with van der Waals surface area (Å²) in [7, 11) is 0. The molecule has 0 aliphatic heterocycles. The maximum atomic E-state index is 11.3. The van der Waals surface area contributed by atoms with Gasteiger partial charge in [0.15, 0.2) is 0 Å². The van der Waals surface area contributed by atoms with Gasteiger partial charge in [-0.05, 0) is 37.3 Å². The van der Waals surface area contributed by atoms with Crippen LogP contribution in [0.2, 0.25) is 0 Å². The summed E-state index contributed by atoms with van der Waals surface area (Å²) in [6.45, 7) is 1.89. The molecule has 0 bridgehead atoms. The van der Waals surface area contributed by atoms with Gasteiger partial charge in [-0.1, -0.05) is 6.07 Å². The van der Waals surface area contributed by atoms with Crippen LogP contribution in [0.1, 0.15) is 16.1 Å². The zero-order chi connectivity index (χ0) is 18.3. The van der Waals surface area contributed by atoms with Gasteiger partial charge < -0.3 is 10.8 Å². The van der Waals surface area contributed by atoms with Gasteiger partial charge in [-0.3, -0.25) is 9.38 Å². The molecular formula is C18H14N6O2. The van der Waals surface area contributed by atoms with Gasteiger partial charge in [-0.25, -0.2) is 19.7 Å². The number of anilines is 1. The van der Waals surface area contributed by atoms with Crippen LogP contribution in [0.5, 0.6) is 0 Å². The van der Waals surface area contributed by atoms with Crippen molar-refractivity contribution in [1.29, 1.82) is 0 Å². The van der Waals surface area contributed by atoms with E-state index in [1.54, 1.807) is 22.9 Å². The van der Waals surface area contributed by atoms with Crippen molar-refractivity contribution in [3.8, 4) is 22.8 Å². The normalized spacial score (nSPS) is 11.0. The van der Waals surface area contributed by atoms with Crippen LogP contribution in [0, 0.1) is 6.92 Å². The van der Waals surface area contributed by atoms with E-state index in [9.17, 15) is 9.90 Å². The molecule has 0 aromatic carbocycles. The van der Waals surface area contributed by atoms with Gasteiger partial charge in [0.2, 0.25) is 5.95 Å². The van der Waals surface area contributed by atoms with Crippen LogP contribution < -0.4 is 5.73 Å². The van der Waals surface area contributed by atoms with Crippen LogP contribution in [0.15, 0.2) is 48.8 Å². The molecule has 0 fully saturated rings. The number of hydrogen-bond donors (Lipinski definition) is 2. The van der Waals surface area contributed by atoms with Crippen molar-refractivity contribution in [3.63, 3.8) is 0 Å². The first kappa shape index (κ1) is 15.7. The number of aromatic nitrogens is 5. The summed E-state index contributed by atoms with van der Waals surface area (Å²) in [6.07, 6.45) is 3.22. The zero-order valence-electron chi connectivity index (χ0n) is 13.8. The Balaban J connectivity index is 2.05. The fraction of sp³-hybridized carbons (Fsp3) is 0.0556. The predicted octanol–water partition coefficient (Wildman–Crippen LogP) is 2.44. The molecule has 4 rings (SSSR count). The van der Waals surface area contributed by atoms with Gasteiger partial charge in [0.1, 0.15) is 17.0 Å². The Morgan fingerprint density at radius 2 is 1.96 bits per heavy atom. The summed E-state index contributed by atoms with van der Waals surface area (Å²) in [5.41, 5.74) is 9.72. The summed E-state index contributed by atoms with van der Waals surface area (Å²) in [6, 6.07) is 10.4. The second kappa shape index (κ2) is 5.92. The molecule has 0 atom stereocenters. The second-order valence-corrected chi connectivity index (χ2v) is 5.72. The third kappa shape index (κ3) is 2.63. The number of nitrogens with two attached hydrogens (primary N) is 1. The van der Waals surface area contributed by atoms with E-state index in [2.05, 4.69) is 19.9 Å². The highest BCUT2D eigenvalue weighted by Gasteiger charge is 2.19. The van der Waals surface area contributed by atoms with Gasteiger partial charge in [0.25, 0.3) is 0 Å². The first-order chi connectivity index (χ1) is 12.5. The maximum Gasteiger partial charge on any atom is 0.335 e. The highest BCUT2D eigenvalue weighted by atomic mass is 16.4. The molecule has 4 aromatic rings. The number of nitrogens with zero attached hydrogens (tertiary/aromatic N) is 5. The Hall–Kier alpha value is -3.81. The number of carboxylic acid groups (broad SMARTS) is 1. The topological polar surface area (TPSA) is 119 Å². The Bertz CT molecular complexity index is 1150. The predicted molar refractivity (Wildman–Crippen MR) is 95.6 cm³/mol. The fourth-order valence-corrected chi connectivity index (χ4v) is 2.78. The van der Waals surface area contributed by atoms with E-state index in [4.69, 9.17) is 5.73 Å². The Morgan fingerprint density at radius 1 is 1.12 bits per heavy atom. The minimum absolute atomic E-state index is 0.141. The summed E-state index contributed by atoms with van der Waals surface area (Å²) >= 11 is 0. The lowest BCUT2D eigenvalue weighted by Crippen LogP contribution is -2.00. The molecule has 0 saturated heterocycles. The molecule has 0 spiro atoms. The minimum Gasteiger partial charge on any atom is -0.478 e. The molecule has 3 N–H and O–H groups in total. The van der Waals surface area contributed by atoms with Crippen molar-refractivity contribution in [2.75, 3.05) is 5.73 Å². The van der Waals surface area contributed by atoms with Gasteiger partial charge >= 0.3 is 5.97 Å². The van der Waals surface area contributed by atoms with Gasteiger partial charge in [-0.15, -0.1) is 0 Å². The molecule has 128 valence electrons. The second-order valence-electron chi connectivity index (χ2n) is 5.72. The number of aryl methyl sites for hydroxylation is 1. The zero-order valence-corrected chi connectivity index (χ0v) is 13.8. The van der Waals surface area contributed by atoms with E-state index >= 15 is 0 Å². The van der Waals surface area contributed by atoms with E-state index < -0.39 is 5.97 Å². The number of fused-ring (bicyclic) bond motifs is 1. The largest absolute Gasteiger partial charge is 0.478 e. The molecule has 0 unspecified atom stereocenters. The molecule has 8 nitrogen and oxygen atoms in total. The Morgan fingerprint density at radius 3 is 2.69 bits per heavy atom. The standard InChI is InChI=1S/C18H14N6O2/c1-10-3-2-4-12(21-10)15-16(13-5-7-20-18(19)22-13)24-8-6-11(17(25)26)9-14(24)23-15/h2-9H,1H3,(H,25,26)(H2,19,20,22). The third-order valence-electron chi connectivity index (χ3n) is 3.92. The quantitative estimate of drug-likeness (QED) is 0.584. The number of pyridine rings is 2. The lowest BCUT2D eigenvalue weighted by atomic mass is 10.1. The van der Waals surface area contributed by atoms with E-state index in [-0.39, 0.29) is 11.5 Å². The summed E-state index contributed by atoms with van der Waals surface area (Å²) < 4.78 is 1.77. The maximum absolute atomic E-state index is 11.3. The summed E-state index contributed by atoms with van der Waals surface area (Å²) in [5.74, 6) is -0.874. The van der Waals surface area contributed by atoms with Crippen LogP contribution in [-0.4, -0.2) is 35.4 Å².